The first kappa shape index (κ1) is 21.6. The smallest absolute Gasteiger partial charge is 0.225 e. The summed E-state index contributed by atoms with van der Waals surface area (Å²) in [5, 5.41) is 13.6. The Kier molecular flexibility index (Phi) is 5.82. The summed E-state index contributed by atoms with van der Waals surface area (Å²) in [6, 6.07) is 11.0. The van der Waals surface area contributed by atoms with Gasteiger partial charge in [-0.15, -0.1) is 0 Å². The summed E-state index contributed by atoms with van der Waals surface area (Å²) in [4.78, 5) is 16.3. The maximum atomic E-state index is 9.73. The van der Waals surface area contributed by atoms with E-state index in [1.165, 1.54) is 5.56 Å². The molecular weight excluding hydrogens is 400 g/mol. The van der Waals surface area contributed by atoms with E-state index in [9.17, 15) is 5.11 Å². The molecule has 3 aliphatic rings. The van der Waals surface area contributed by atoms with Gasteiger partial charge in [0.15, 0.2) is 0 Å². The van der Waals surface area contributed by atoms with Crippen molar-refractivity contribution in [3.8, 4) is 0 Å². The molecule has 1 aliphatic carbocycles. The SMILES string of the molecule is CN(C)[C@]1(c2ccccc2)CC[C@]2(CC1)CN(c1cnc(N3CCC(O)CC3)nc1)CN2. The highest BCUT2D eigenvalue weighted by Crippen LogP contribution is 2.46. The van der Waals surface area contributed by atoms with E-state index in [2.05, 4.69) is 74.4 Å². The number of piperidine rings is 1. The molecule has 3 heterocycles. The van der Waals surface area contributed by atoms with Gasteiger partial charge in [0.25, 0.3) is 0 Å². The predicted molar refractivity (Wildman–Crippen MR) is 128 cm³/mol. The van der Waals surface area contributed by atoms with E-state index >= 15 is 0 Å². The molecule has 2 N–H and O–H groups in total. The van der Waals surface area contributed by atoms with Gasteiger partial charge in [0.1, 0.15) is 0 Å². The van der Waals surface area contributed by atoms with Gasteiger partial charge >= 0.3 is 0 Å². The summed E-state index contributed by atoms with van der Waals surface area (Å²) in [7, 11) is 4.45. The molecule has 7 heteroatoms. The van der Waals surface area contributed by atoms with Crippen LogP contribution >= 0.6 is 0 Å². The van der Waals surface area contributed by atoms with Gasteiger partial charge in [0.05, 0.1) is 30.9 Å². The van der Waals surface area contributed by atoms with Crippen molar-refractivity contribution in [1.82, 2.24) is 20.2 Å². The second kappa shape index (κ2) is 8.61. The number of benzene rings is 1. The standard InChI is InChI=1S/C25H36N6O/c1-29(2)25(20-6-4-3-5-7-20)12-10-24(11-13-25)18-31(19-28-24)21-16-26-23(27-17-21)30-14-8-22(32)9-15-30/h3-7,16-17,22,28,32H,8-15,18-19H2,1-2H3/t24-,25+. The quantitative estimate of drug-likeness (QED) is 0.764. The number of anilines is 2. The number of nitrogens with one attached hydrogen (secondary N) is 1. The average molecular weight is 437 g/mol. The van der Waals surface area contributed by atoms with Crippen molar-refractivity contribution in [2.24, 2.45) is 0 Å². The molecule has 0 unspecified atom stereocenters. The Balaban J connectivity index is 1.24. The third kappa shape index (κ3) is 3.98. The first-order valence-corrected chi connectivity index (χ1v) is 12.0. The molecule has 32 heavy (non-hydrogen) atoms. The van der Waals surface area contributed by atoms with Crippen LogP contribution in [0.25, 0.3) is 0 Å². The van der Waals surface area contributed by atoms with Crippen molar-refractivity contribution in [2.75, 3.05) is 50.2 Å². The van der Waals surface area contributed by atoms with E-state index in [1.807, 2.05) is 12.4 Å². The highest BCUT2D eigenvalue weighted by Gasteiger charge is 2.47. The molecule has 7 nitrogen and oxygen atoms in total. The normalized spacial score (nSPS) is 29.2. The first-order valence-electron chi connectivity index (χ1n) is 12.0. The van der Waals surface area contributed by atoms with Crippen LogP contribution in [-0.4, -0.2) is 72.0 Å². The van der Waals surface area contributed by atoms with Gasteiger partial charge in [-0.3, -0.25) is 10.2 Å². The molecule has 1 saturated carbocycles. The molecule has 0 bridgehead atoms. The summed E-state index contributed by atoms with van der Waals surface area (Å²) in [6.07, 6.45) is 9.96. The highest BCUT2D eigenvalue weighted by molar-refractivity contribution is 5.47. The molecule has 0 radical (unpaired) electrons. The summed E-state index contributed by atoms with van der Waals surface area (Å²) in [5.74, 6) is 0.777. The van der Waals surface area contributed by atoms with Crippen LogP contribution in [0.3, 0.4) is 0 Å². The van der Waals surface area contributed by atoms with Crippen LogP contribution in [-0.2, 0) is 5.54 Å². The molecular formula is C25H36N6O. The van der Waals surface area contributed by atoms with Gasteiger partial charge in [0.2, 0.25) is 5.95 Å². The number of nitrogens with zero attached hydrogens (tertiary/aromatic N) is 5. The van der Waals surface area contributed by atoms with Crippen LogP contribution in [0.2, 0.25) is 0 Å². The zero-order valence-electron chi connectivity index (χ0n) is 19.4. The molecule has 2 saturated heterocycles. The third-order valence-electron chi connectivity index (χ3n) is 8.08. The lowest BCUT2D eigenvalue weighted by molar-refractivity contribution is 0.0646. The maximum Gasteiger partial charge on any atom is 0.225 e. The fraction of sp³-hybridized carbons (Fsp3) is 0.600. The first-order chi connectivity index (χ1) is 15.5. The number of hydrogen-bond acceptors (Lipinski definition) is 7. The van der Waals surface area contributed by atoms with Crippen molar-refractivity contribution in [1.29, 1.82) is 0 Å². The Morgan fingerprint density at radius 2 is 1.62 bits per heavy atom. The van der Waals surface area contributed by atoms with E-state index in [4.69, 9.17) is 0 Å². The van der Waals surface area contributed by atoms with Crippen LogP contribution < -0.4 is 15.1 Å². The number of rotatable bonds is 4. The largest absolute Gasteiger partial charge is 0.393 e. The Morgan fingerprint density at radius 1 is 0.969 bits per heavy atom. The van der Waals surface area contributed by atoms with Gasteiger partial charge in [-0.2, -0.15) is 0 Å². The fourth-order valence-electron chi connectivity index (χ4n) is 5.85. The van der Waals surface area contributed by atoms with Crippen LogP contribution in [0.5, 0.6) is 0 Å². The van der Waals surface area contributed by atoms with Gasteiger partial charge in [-0.25, -0.2) is 9.97 Å². The minimum absolute atomic E-state index is 0.119. The van der Waals surface area contributed by atoms with Gasteiger partial charge in [-0.1, -0.05) is 30.3 Å². The summed E-state index contributed by atoms with van der Waals surface area (Å²) in [5.41, 5.74) is 2.80. The number of aliphatic hydroxyl groups excluding tert-OH is 1. The molecule has 5 rings (SSSR count). The minimum Gasteiger partial charge on any atom is -0.393 e. The highest BCUT2D eigenvalue weighted by atomic mass is 16.3. The van der Waals surface area contributed by atoms with Crippen molar-refractivity contribution in [2.45, 2.75) is 55.7 Å². The topological polar surface area (TPSA) is 67.8 Å². The molecule has 3 fully saturated rings. The van der Waals surface area contributed by atoms with Gasteiger partial charge < -0.3 is 14.9 Å². The zero-order chi connectivity index (χ0) is 22.2. The van der Waals surface area contributed by atoms with E-state index in [0.717, 1.165) is 76.5 Å². The van der Waals surface area contributed by atoms with Gasteiger partial charge in [0, 0.05) is 30.7 Å². The second-order valence-electron chi connectivity index (χ2n) is 10.1. The molecule has 172 valence electrons. The van der Waals surface area contributed by atoms with E-state index < -0.39 is 0 Å². The fourth-order valence-corrected chi connectivity index (χ4v) is 5.85. The molecule has 2 aromatic rings. The van der Waals surface area contributed by atoms with Crippen molar-refractivity contribution in [3.63, 3.8) is 0 Å². The van der Waals surface area contributed by atoms with Crippen molar-refractivity contribution in [3.05, 3.63) is 48.3 Å². The Morgan fingerprint density at radius 3 is 2.25 bits per heavy atom. The van der Waals surface area contributed by atoms with Gasteiger partial charge in [-0.05, 0) is 58.2 Å². The maximum absolute atomic E-state index is 9.73. The van der Waals surface area contributed by atoms with Crippen LogP contribution in [0.15, 0.2) is 42.7 Å². The number of hydrogen-bond donors (Lipinski definition) is 2. The predicted octanol–water partition coefficient (Wildman–Crippen LogP) is 2.57. The van der Waals surface area contributed by atoms with Crippen molar-refractivity contribution < 1.29 is 5.11 Å². The molecule has 1 aromatic carbocycles. The monoisotopic (exact) mass is 436 g/mol. The lowest BCUT2D eigenvalue weighted by atomic mass is 9.69. The molecule has 0 amide bonds. The molecule has 1 spiro atoms. The summed E-state index contributed by atoms with van der Waals surface area (Å²) in [6.45, 7) is 3.50. The Bertz CT molecular complexity index is 886. The van der Waals surface area contributed by atoms with E-state index in [1.54, 1.807) is 0 Å². The molecule has 0 atom stereocenters. The average Bonchev–Trinajstić information content (AvgIpc) is 3.24. The third-order valence-corrected chi connectivity index (χ3v) is 8.08. The summed E-state index contributed by atoms with van der Waals surface area (Å²) < 4.78 is 0. The van der Waals surface area contributed by atoms with Crippen LogP contribution in [0.1, 0.15) is 44.1 Å². The van der Waals surface area contributed by atoms with E-state index in [-0.39, 0.29) is 17.2 Å². The second-order valence-corrected chi connectivity index (χ2v) is 10.1. The van der Waals surface area contributed by atoms with Crippen molar-refractivity contribution >= 4 is 11.6 Å². The number of aliphatic hydroxyl groups is 1. The van der Waals surface area contributed by atoms with Crippen LogP contribution in [0, 0.1) is 0 Å². The lowest BCUT2D eigenvalue weighted by Crippen LogP contribution is -2.53. The van der Waals surface area contributed by atoms with Crippen LogP contribution in [0.4, 0.5) is 11.6 Å². The molecule has 1 aromatic heterocycles. The van der Waals surface area contributed by atoms with E-state index in [0.29, 0.717) is 0 Å². The Labute approximate surface area is 191 Å². The number of aromatic nitrogens is 2. The minimum atomic E-state index is -0.180. The molecule has 2 aliphatic heterocycles. The zero-order valence-corrected chi connectivity index (χ0v) is 19.4. The summed E-state index contributed by atoms with van der Waals surface area (Å²) >= 11 is 0. The lowest BCUT2D eigenvalue weighted by Gasteiger charge is -2.49. The Hall–Kier alpha value is -2.22.